The molecule has 0 atom stereocenters. The third-order valence-electron chi connectivity index (χ3n) is 2.03. The van der Waals surface area contributed by atoms with Gasteiger partial charge < -0.3 is 0 Å². The van der Waals surface area contributed by atoms with E-state index in [9.17, 15) is 9.18 Å². The second-order valence-electron chi connectivity index (χ2n) is 4.39. The summed E-state index contributed by atoms with van der Waals surface area (Å²) in [5.74, 6) is -0.693. The molecule has 0 N–H and O–H groups in total. The van der Waals surface area contributed by atoms with Gasteiger partial charge in [0.1, 0.15) is 11.9 Å². The van der Waals surface area contributed by atoms with Gasteiger partial charge in [-0.05, 0) is 18.2 Å². The zero-order valence-corrected chi connectivity index (χ0v) is 8.97. The minimum absolute atomic E-state index is 0.0925. The first kappa shape index (κ1) is 11.4. The smallest absolute Gasteiger partial charge is 0.168 e. The lowest BCUT2D eigenvalue weighted by Crippen LogP contribution is -2.20. The number of carbonyl (C=O) groups is 1. The van der Waals surface area contributed by atoms with Crippen molar-refractivity contribution in [2.24, 2.45) is 5.41 Å². The van der Waals surface area contributed by atoms with Crippen LogP contribution in [0.25, 0.3) is 0 Å². The van der Waals surface area contributed by atoms with E-state index in [-0.39, 0.29) is 11.3 Å². The molecule has 0 bridgehead atoms. The highest BCUT2D eigenvalue weighted by Crippen LogP contribution is 2.21. The Morgan fingerprint density at radius 1 is 1.40 bits per heavy atom. The van der Waals surface area contributed by atoms with E-state index in [0.717, 1.165) is 6.07 Å². The maximum atomic E-state index is 13.0. The molecule has 0 unspecified atom stereocenters. The van der Waals surface area contributed by atoms with Crippen LogP contribution in [0.15, 0.2) is 18.2 Å². The van der Waals surface area contributed by atoms with E-state index in [2.05, 4.69) is 0 Å². The lowest BCUT2D eigenvalue weighted by Gasteiger charge is -2.16. The second-order valence-corrected chi connectivity index (χ2v) is 4.39. The molecular weight excluding hydrogens is 193 g/mol. The summed E-state index contributed by atoms with van der Waals surface area (Å²) in [7, 11) is 0. The van der Waals surface area contributed by atoms with E-state index in [1.165, 1.54) is 12.1 Å². The van der Waals surface area contributed by atoms with Crippen molar-refractivity contribution >= 4 is 5.78 Å². The van der Waals surface area contributed by atoms with E-state index in [4.69, 9.17) is 5.26 Å². The molecule has 0 radical (unpaired) electrons. The molecule has 0 fully saturated rings. The molecule has 0 saturated carbocycles. The van der Waals surface area contributed by atoms with Crippen molar-refractivity contribution in [1.82, 2.24) is 0 Å². The molecule has 3 heteroatoms. The Balaban J connectivity index is 3.20. The Labute approximate surface area is 88.3 Å². The van der Waals surface area contributed by atoms with Gasteiger partial charge in [0.25, 0.3) is 0 Å². The molecule has 0 saturated heterocycles. The largest absolute Gasteiger partial charge is 0.294 e. The van der Waals surface area contributed by atoms with Gasteiger partial charge >= 0.3 is 0 Å². The van der Waals surface area contributed by atoms with Crippen LogP contribution in [0.5, 0.6) is 0 Å². The fourth-order valence-corrected chi connectivity index (χ4v) is 1.19. The average Bonchev–Trinajstić information content (AvgIpc) is 2.16. The third-order valence-corrected chi connectivity index (χ3v) is 2.03. The van der Waals surface area contributed by atoms with Crippen molar-refractivity contribution in [1.29, 1.82) is 5.26 Å². The number of benzene rings is 1. The number of hydrogen-bond donors (Lipinski definition) is 0. The summed E-state index contributed by atoms with van der Waals surface area (Å²) in [5, 5.41) is 8.63. The summed E-state index contributed by atoms with van der Waals surface area (Å²) in [4.78, 5) is 11.8. The van der Waals surface area contributed by atoms with E-state index >= 15 is 0 Å². The van der Waals surface area contributed by atoms with E-state index in [1.807, 2.05) is 0 Å². The summed E-state index contributed by atoms with van der Waals surface area (Å²) < 4.78 is 13.0. The van der Waals surface area contributed by atoms with Crippen LogP contribution in [-0.4, -0.2) is 5.78 Å². The fraction of sp³-hybridized carbons (Fsp3) is 0.333. The van der Waals surface area contributed by atoms with Crippen LogP contribution in [0, 0.1) is 22.6 Å². The first-order valence-electron chi connectivity index (χ1n) is 4.60. The van der Waals surface area contributed by atoms with Gasteiger partial charge in [-0.2, -0.15) is 5.26 Å². The molecule has 1 aromatic carbocycles. The molecule has 2 nitrogen and oxygen atoms in total. The summed E-state index contributed by atoms with van der Waals surface area (Å²) in [6.45, 7) is 5.35. The van der Waals surface area contributed by atoms with Gasteiger partial charge in [-0.15, -0.1) is 0 Å². The SMILES string of the molecule is CC(C)(C)C(=O)c1ccc(F)c(C#N)c1. The highest BCUT2D eigenvalue weighted by molar-refractivity contribution is 6.00. The van der Waals surface area contributed by atoms with Gasteiger partial charge in [0.15, 0.2) is 5.78 Å². The number of Topliss-reactive ketones (excluding diaryl/α,β-unsaturated/α-hetero) is 1. The normalized spacial score (nSPS) is 10.9. The van der Waals surface area contributed by atoms with E-state index in [1.54, 1.807) is 26.8 Å². The first-order chi connectivity index (χ1) is 6.86. The number of hydrogen-bond acceptors (Lipinski definition) is 2. The number of rotatable bonds is 1. The maximum absolute atomic E-state index is 13.0. The molecule has 1 aromatic rings. The fourth-order valence-electron chi connectivity index (χ4n) is 1.19. The minimum Gasteiger partial charge on any atom is -0.294 e. The Morgan fingerprint density at radius 2 is 2.00 bits per heavy atom. The van der Waals surface area contributed by atoms with Crippen molar-refractivity contribution in [3.05, 3.63) is 35.1 Å². The molecule has 0 aliphatic carbocycles. The standard InChI is InChI=1S/C12H12FNO/c1-12(2,3)11(15)8-4-5-10(13)9(6-8)7-14/h4-6H,1-3H3. The quantitative estimate of drug-likeness (QED) is 0.661. The Morgan fingerprint density at radius 3 is 2.47 bits per heavy atom. The number of nitrogens with zero attached hydrogens (tertiary/aromatic N) is 1. The minimum atomic E-state index is -0.594. The molecular formula is C12H12FNO. The van der Waals surface area contributed by atoms with Crippen molar-refractivity contribution in [3.8, 4) is 6.07 Å². The zero-order valence-electron chi connectivity index (χ0n) is 8.97. The highest BCUT2D eigenvalue weighted by atomic mass is 19.1. The molecule has 0 aliphatic rings. The van der Waals surface area contributed by atoms with Crippen LogP contribution in [-0.2, 0) is 0 Å². The van der Waals surface area contributed by atoms with Gasteiger partial charge in [-0.1, -0.05) is 20.8 Å². The predicted octanol–water partition coefficient (Wildman–Crippen LogP) is 2.93. The van der Waals surface area contributed by atoms with Crippen molar-refractivity contribution in [2.45, 2.75) is 20.8 Å². The number of carbonyl (C=O) groups excluding carboxylic acids is 1. The molecule has 15 heavy (non-hydrogen) atoms. The number of halogens is 1. The van der Waals surface area contributed by atoms with Crippen molar-refractivity contribution < 1.29 is 9.18 Å². The van der Waals surface area contributed by atoms with Gasteiger partial charge in [0.05, 0.1) is 5.56 Å². The van der Waals surface area contributed by atoms with Crippen molar-refractivity contribution in [2.75, 3.05) is 0 Å². The summed E-state index contributed by atoms with van der Waals surface area (Å²) in [6, 6.07) is 5.57. The van der Waals surface area contributed by atoms with E-state index < -0.39 is 11.2 Å². The van der Waals surface area contributed by atoms with Crippen LogP contribution in [0.2, 0.25) is 0 Å². The molecule has 1 rings (SSSR count). The monoisotopic (exact) mass is 205 g/mol. The zero-order chi connectivity index (χ0) is 11.6. The lowest BCUT2D eigenvalue weighted by atomic mass is 9.86. The highest BCUT2D eigenvalue weighted by Gasteiger charge is 2.23. The van der Waals surface area contributed by atoms with Gasteiger partial charge in [0.2, 0.25) is 0 Å². The third kappa shape index (κ3) is 2.41. The molecule has 0 aromatic heterocycles. The van der Waals surface area contributed by atoms with Crippen LogP contribution in [0.1, 0.15) is 36.7 Å². The topological polar surface area (TPSA) is 40.9 Å². The molecule has 0 heterocycles. The predicted molar refractivity (Wildman–Crippen MR) is 54.9 cm³/mol. The number of nitriles is 1. The molecule has 0 aliphatic heterocycles. The van der Waals surface area contributed by atoms with Crippen LogP contribution in [0.3, 0.4) is 0 Å². The van der Waals surface area contributed by atoms with Gasteiger partial charge in [-0.25, -0.2) is 4.39 Å². The van der Waals surface area contributed by atoms with Gasteiger partial charge in [0, 0.05) is 11.0 Å². The van der Waals surface area contributed by atoms with Crippen molar-refractivity contribution in [3.63, 3.8) is 0 Å². The maximum Gasteiger partial charge on any atom is 0.168 e. The average molecular weight is 205 g/mol. The lowest BCUT2D eigenvalue weighted by molar-refractivity contribution is 0.0858. The van der Waals surface area contributed by atoms with Crippen LogP contribution < -0.4 is 0 Å². The Kier molecular flexibility index (Phi) is 2.90. The molecule has 78 valence electrons. The molecule has 0 spiro atoms. The Hall–Kier alpha value is -1.69. The summed E-state index contributed by atoms with van der Waals surface area (Å²) >= 11 is 0. The number of ketones is 1. The summed E-state index contributed by atoms with van der Waals surface area (Å²) in [6.07, 6.45) is 0. The molecule has 0 amide bonds. The Bertz CT molecular complexity index is 438. The first-order valence-corrected chi connectivity index (χ1v) is 4.60. The van der Waals surface area contributed by atoms with Crippen LogP contribution >= 0.6 is 0 Å². The summed E-state index contributed by atoms with van der Waals surface area (Å²) in [5.41, 5.74) is -0.240. The van der Waals surface area contributed by atoms with Crippen LogP contribution in [0.4, 0.5) is 4.39 Å². The second kappa shape index (κ2) is 3.82. The van der Waals surface area contributed by atoms with Gasteiger partial charge in [-0.3, -0.25) is 4.79 Å². The van der Waals surface area contributed by atoms with E-state index in [0.29, 0.717) is 5.56 Å².